The highest BCUT2D eigenvalue weighted by atomic mass is 32.2. The monoisotopic (exact) mass is 748 g/mol. The molecule has 1 saturated heterocycles. The molecule has 2 aliphatic rings. The number of rotatable bonds is 16. The number of nitrogens with one attached hydrogen (secondary N) is 4. The number of unbranched alkanes of at least 4 members (excludes halogenated alkanes) is 1. The smallest absolute Gasteiger partial charge is 0.315 e. The summed E-state index contributed by atoms with van der Waals surface area (Å²) < 4.78 is 29.1. The van der Waals surface area contributed by atoms with Crippen LogP contribution in [-0.2, 0) is 36.2 Å². The zero-order valence-electron chi connectivity index (χ0n) is 32.7. The van der Waals surface area contributed by atoms with E-state index in [1.807, 2.05) is 41.5 Å². The zero-order chi connectivity index (χ0) is 39.6. The van der Waals surface area contributed by atoms with E-state index >= 15 is 0 Å². The maximum absolute atomic E-state index is 14.5. The fraction of sp³-hybridized carbons (Fsp3) is 0.722. The lowest BCUT2D eigenvalue weighted by Gasteiger charge is -2.39. The number of imidazole rings is 1. The van der Waals surface area contributed by atoms with E-state index in [2.05, 4.69) is 32.8 Å². The molecule has 16 heteroatoms. The third-order valence-corrected chi connectivity index (χ3v) is 12.1. The fourth-order valence-corrected chi connectivity index (χ4v) is 8.02. The van der Waals surface area contributed by atoms with Gasteiger partial charge in [0.05, 0.1) is 12.4 Å². The number of aromatic nitrogens is 2. The average molecular weight is 749 g/mol. The number of likely N-dealkylation sites (N-methyl/N-ethyl adjacent to an activating group) is 1. The van der Waals surface area contributed by atoms with Gasteiger partial charge in [-0.25, -0.2) is 18.2 Å². The Balaban J connectivity index is 1.84. The van der Waals surface area contributed by atoms with Crippen LogP contribution in [0.3, 0.4) is 0 Å². The Morgan fingerprint density at radius 3 is 2.23 bits per heavy atom. The van der Waals surface area contributed by atoms with Gasteiger partial charge < -0.3 is 30.7 Å². The van der Waals surface area contributed by atoms with E-state index in [1.54, 1.807) is 27.8 Å². The number of sulfonamides is 1. The van der Waals surface area contributed by atoms with E-state index in [0.29, 0.717) is 13.0 Å². The Morgan fingerprint density at radius 2 is 1.71 bits per heavy atom. The standard InChI is InChI=1S/C36H60N8O7S/c1-13-15-16-23(28(45)31(47)37-17-14-2)39-30(46)27-26-22(36(26,9)10)18-44(27)32(48)29(35(6,7)8)41-33(49)40-24(34(3,4)5)19-43(12)52(50,51)25-20-42(11)21-38-25/h14,20-24,26-27,29H,2,13,15-19H2,1,3-12H3,(H,37,47)(H,39,46)(H2,40,41,49)/t22-,23?,24+,26-,27-,29+/m0/s1. The number of Topliss-reactive ketones (excluding diaryl/α,β-unsaturated/α-hetero) is 1. The molecule has 1 aromatic rings. The highest BCUT2D eigenvalue weighted by Crippen LogP contribution is 2.65. The summed E-state index contributed by atoms with van der Waals surface area (Å²) in [6.07, 6.45) is 5.86. The Labute approximate surface area is 309 Å². The lowest BCUT2D eigenvalue weighted by Crippen LogP contribution is -2.62. The minimum absolute atomic E-state index is 0.0317. The van der Waals surface area contributed by atoms with Gasteiger partial charge in [-0.15, -0.1) is 6.58 Å². The lowest BCUT2D eigenvalue weighted by molar-refractivity contribution is -0.145. The molecular weight excluding hydrogens is 689 g/mol. The molecule has 6 atom stereocenters. The van der Waals surface area contributed by atoms with Crippen molar-refractivity contribution in [1.82, 2.24) is 40.0 Å². The molecule has 2 fully saturated rings. The maximum atomic E-state index is 14.5. The van der Waals surface area contributed by atoms with Gasteiger partial charge in [-0.3, -0.25) is 19.2 Å². The van der Waals surface area contributed by atoms with Crippen molar-refractivity contribution in [1.29, 1.82) is 0 Å². The summed E-state index contributed by atoms with van der Waals surface area (Å²) in [5.41, 5.74) is -1.62. The molecule has 1 aliphatic heterocycles. The molecule has 5 amide bonds. The van der Waals surface area contributed by atoms with Crippen LogP contribution in [0.15, 0.2) is 30.2 Å². The number of hydrogen-bond donors (Lipinski definition) is 4. The summed E-state index contributed by atoms with van der Waals surface area (Å²) in [6.45, 7) is 20.9. The number of likely N-dealkylation sites (tertiary alicyclic amines) is 1. The van der Waals surface area contributed by atoms with Gasteiger partial charge in [-0.2, -0.15) is 4.31 Å². The van der Waals surface area contributed by atoms with Crippen LogP contribution < -0.4 is 21.3 Å². The number of aryl methyl sites for hydroxylation is 1. The molecule has 0 radical (unpaired) electrons. The number of amides is 5. The minimum atomic E-state index is -3.95. The fourth-order valence-electron chi connectivity index (χ4n) is 6.88. The number of fused-ring (bicyclic) bond motifs is 1. The van der Waals surface area contributed by atoms with Crippen LogP contribution in [0.4, 0.5) is 4.79 Å². The number of piperidine rings is 1. The normalized spacial score (nSPS) is 21.4. The topological polar surface area (TPSA) is 192 Å². The van der Waals surface area contributed by atoms with Crippen molar-refractivity contribution in [3.05, 3.63) is 25.2 Å². The first-order valence-electron chi connectivity index (χ1n) is 17.9. The maximum Gasteiger partial charge on any atom is 0.315 e. The number of hydrogen-bond acceptors (Lipinski definition) is 8. The van der Waals surface area contributed by atoms with Crippen molar-refractivity contribution < 1.29 is 32.4 Å². The molecule has 52 heavy (non-hydrogen) atoms. The van der Waals surface area contributed by atoms with Gasteiger partial charge in [0, 0.05) is 46.0 Å². The highest BCUT2D eigenvalue weighted by molar-refractivity contribution is 7.89. The largest absolute Gasteiger partial charge is 0.346 e. The molecule has 0 spiro atoms. The van der Waals surface area contributed by atoms with Crippen molar-refractivity contribution in [3.8, 4) is 0 Å². The molecule has 1 aromatic heterocycles. The van der Waals surface area contributed by atoms with Gasteiger partial charge in [-0.05, 0) is 34.5 Å². The number of carbonyl (C=O) groups excluding carboxylic acids is 5. The molecular formula is C36H60N8O7S. The van der Waals surface area contributed by atoms with Crippen molar-refractivity contribution >= 4 is 39.6 Å². The van der Waals surface area contributed by atoms with E-state index in [-0.39, 0.29) is 41.8 Å². The third kappa shape index (κ3) is 9.60. The molecule has 1 saturated carbocycles. The summed E-state index contributed by atoms with van der Waals surface area (Å²) in [5.74, 6) is -2.69. The Hall–Kier alpha value is -3.79. The number of ketones is 1. The predicted octanol–water partition coefficient (Wildman–Crippen LogP) is 2.20. The van der Waals surface area contributed by atoms with Gasteiger partial charge in [0.25, 0.3) is 15.9 Å². The minimum Gasteiger partial charge on any atom is -0.346 e. The lowest BCUT2D eigenvalue weighted by atomic mass is 9.85. The van der Waals surface area contributed by atoms with Crippen LogP contribution in [0.25, 0.3) is 0 Å². The Bertz CT molecular complexity index is 1620. The summed E-state index contributed by atoms with van der Waals surface area (Å²) in [6, 6.07) is -4.39. The van der Waals surface area contributed by atoms with Gasteiger partial charge in [0.15, 0.2) is 5.03 Å². The first kappa shape index (κ1) is 42.6. The zero-order valence-corrected chi connectivity index (χ0v) is 33.5. The first-order chi connectivity index (χ1) is 23.9. The van der Waals surface area contributed by atoms with Crippen LogP contribution in [0, 0.1) is 28.1 Å². The van der Waals surface area contributed by atoms with Gasteiger partial charge in [0.1, 0.15) is 12.1 Å². The predicted molar refractivity (Wildman–Crippen MR) is 197 cm³/mol. The molecule has 0 aromatic carbocycles. The van der Waals surface area contributed by atoms with Crippen LogP contribution in [0.5, 0.6) is 0 Å². The SMILES string of the molecule is C=CCNC(=O)C(=O)C(CCCC)NC(=O)[C@@H]1[C@@H]2[C@H](CN1C(=O)[C@@H](NC(=O)N[C@H](CN(C)S(=O)(=O)c1cn(C)cn1)C(C)(C)C)C(C)(C)C)C2(C)C. The molecule has 4 N–H and O–H groups in total. The molecule has 1 aliphatic carbocycles. The third-order valence-electron chi connectivity index (χ3n) is 10.4. The number of nitrogens with zero attached hydrogens (tertiary/aromatic N) is 4. The van der Waals surface area contributed by atoms with Crippen molar-refractivity contribution in [2.75, 3.05) is 26.7 Å². The first-order valence-corrected chi connectivity index (χ1v) is 19.4. The second-order valence-electron chi connectivity index (χ2n) is 17.0. The van der Waals surface area contributed by atoms with Crippen LogP contribution in [0.2, 0.25) is 0 Å². The molecule has 15 nitrogen and oxygen atoms in total. The van der Waals surface area contributed by atoms with Crippen LogP contribution in [0.1, 0.15) is 81.6 Å². The Kier molecular flexibility index (Phi) is 13.2. The number of urea groups is 1. The average Bonchev–Trinajstić information content (AvgIpc) is 3.41. The summed E-state index contributed by atoms with van der Waals surface area (Å²) in [5, 5.41) is 10.9. The van der Waals surface area contributed by atoms with Crippen molar-refractivity contribution in [2.45, 2.75) is 111 Å². The van der Waals surface area contributed by atoms with E-state index < -0.39 is 74.6 Å². The summed E-state index contributed by atoms with van der Waals surface area (Å²) in [7, 11) is -0.862. The molecule has 0 bridgehead atoms. The van der Waals surface area contributed by atoms with Gasteiger partial charge >= 0.3 is 6.03 Å². The van der Waals surface area contributed by atoms with E-state index in [1.165, 1.54) is 35.1 Å². The van der Waals surface area contributed by atoms with E-state index in [0.717, 1.165) is 10.7 Å². The second kappa shape index (κ2) is 16.1. The van der Waals surface area contributed by atoms with E-state index in [4.69, 9.17) is 0 Å². The van der Waals surface area contributed by atoms with Crippen molar-refractivity contribution in [2.24, 2.45) is 35.1 Å². The summed E-state index contributed by atoms with van der Waals surface area (Å²) >= 11 is 0. The highest BCUT2D eigenvalue weighted by Gasteiger charge is 2.70. The van der Waals surface area contributed by atoms with E-state index in [9.17, 15) is 32.4 Å². The van der Waals surface area contributed by atoms with Crippen LogP contribution >= 0.6 is 0 Å². The van der Waals surface area contributed by atoms with Crippen LogP contribution in [-0.4, -0.2) is 108 Å². The van der Waals surface area contributed by atoms with Crippen molar-refractivity contribution in [3.63, 3.8) is 0 Å². The van der Waals surface area contributed by atoms with Gasteiger partial charge in [-0.1, -0.05) is 81.2 Å². The molecule has 292 valence electrons. The molecule has 2 heterocycles. The molecule has 3 rings (SSSR count). The Morgan fingerprint density at radius 1 is 1.08 bits per heavy atom. The quantitative estimate of drug-likeness (QED) is 0.146. The second-order valence-corrected chi connectivity index (χ2v) is 18.9. The molecule has 1 unspecified atom stereocenters. The number of carbonyl (C=O) groups is 5. The van der Waals surface area contributed by atoms with Gasteiger partial charge in [0.2, 0.25) is 17.6 Å². The summed E-state index contributed by atoms with van der Waals surface area (Å²) in [4.78, 5) is 73.4.